The minimum Gasteiger partial charge on any atom is -0.480 e. The van der Waals surface area contributed by atoms with E-state index in [1.54, 1.807) is 0 Å². The van der Waals surface area contributed by atoms with E-state index in [1.165, 1.54) is 4.52 Å². The van der Waals surface area contributed by atoms with Gasteiger partial charge >= 0.3 is 5.97 Å². The van der Waals surface area contributed by atoms with Gasteiger partial charge in [0, 0.05) is 17.9 Å². The standard InChI is InChI=1S/C12H15N5O4/c1-7-5-8(2)17-12(14-7)15-10(16-17)11(20)13-3-4-21-6-9(18)19/h5H,3-4,6H2,1-2H3,(H,13,20)(H,18,19). The number of nitrogens with one attached hydrogen (secondary N) is 1. The third kappa shape index (κ3) is 3.72. The van der Waals surface area contributed by atoms with Crippen molar-refractivity contribution >= 4 is 17.7 Å². The minimum absolute atomic E-state index is 0.00874. The number of hydrogen-bond acceptors (Lipinski definition) is 6. The predicted molar refractivity (Wildman–Crippen MR) is 71.0 cm³/mol. The van der Waals surface area contributed by atoms with Crippen LogP contribution in [0.2, 0.25) is 0 Å². The summed E-state index contributed by atoms with van der Waals surface area (Å²) < 4.78 is 6.29. The lowest BCUT2D eigenvalue weighted by molar-refractivity contribution is -0.142. The van der Waals surface area contributed by atoms with Crippen molar-refractivity contribution in [2.75, 3.05) is 19.8 Å². The Bertz CT molecular complexity index is 682. The van der Waals surface area contributed by atoms with Gasteiger partial charge in [-0.3, -0.25) is 4.79 Å². The fourth-order valence-electron chi connectivity index (χ4n) is 1.74. The van der Waals surface area contributed by atoms with Crippen molar-refractivity contribution in [2.24, 2.45) is 0 Å². The molecular formula is C12H15N5O4. The van der Waals surface area contributed by atoms with Gasteiger partial charge in [-0.1, -0.05) is 0 Å². The maximum atomic E-state index is 11.9. The zero-order valence-corrected chi connectivity index (χ0v) is 11.7. The number of aliphatic carboxylic acids is 1. The molecule has 0 spiro atoms. The highest BCUT2D eigenvalue weighted by Gasteiger charge is 2.14. The molecule has 9 heteroatoms. The van der Waals surface area contributed by atoms with Crippen LogP contribution in [0.15, 0.2) is 6.07 Å². The fraction of sp³-hybridized carbons (Fsp3) is 0.417. The quantitative estimate of drug-likeness (QED) is 0.694. The van der Waals surface area contributed by atoms with Crippen LogP contribution in [0.3, 0.4) is 0 Å². The highest BCUT2D eigenvalue weighted by Crippen LogP contribution is 2.05. The van der Waals surface area contributed by atoms with Crippen molar-refractivity contribution in [3.05, 3.63) is 23.3 Å². The molecule has 0 unspecified atom stereocenters. The van der Waals surface area contributed by atoms with Gasteiger partial charge in [0.2, 0.25) is 5.82 Å². The molecule has 0 aliphatic rings. The first kappa shape index (κ1) is 14.9. The van der Waals surface area contributed by atoms with Crippen LogP contribution in [0.1, 0.15) is 22.0 Å². The van der Waals surface area contributed by atoms with Crippen LogP contribution in [-0.4, -0.2) is 56.3 Å². The summed E-state index contributed by atoms with van der Waals surface area (Å²) in [7, 11) is 0. The Morgan fingerprint density at radius 3 is 2.86 bits per heavy atom. The lowest BCUT2D eigenvalue weighted by Gasteiger charge is -2.02. The van der Waals surface area contributed by atoms with E-state index in [9.17, 15) is 9.59 Å². The molecule has 2 N–H and O–H groups in total. The van der Waals surface area contributed by atoms with Gasteiger partial charge in [-0.25, -0.2) is 14.3 Å². The summed E-state index contributed by atoms with van der Waals surface area (Å²) in [5.41, 5.74) is 1.62. The molecule has 2 heterocycles. The van der Waals surface area contributed by atoms with E-state index in [0.717, 1.165) is 11.4 Å². The van der Waals surface area contributed by atoms with Gasteiger partial charge in [-0.2, -0.15) is 4.98 Å². The number of fused-ring (bicyclic) bond motifs is 1. The predicted octanol–water partition coefficient (Wildman–Crippen LogP) is -0.428. The summed E-state index contributed by atoms with van der Waals surface area (Å²) in [4.78, 5) is 30.3. The van der Waals surface area contributed by atoms with Crippen LogP contribution >= 0.6 is 0 Å². The van der Waals surface area contributed by atoms with Crippen LogP contribution in [0.4, 0.5) is 0 Å². The second-order valence-electron chi connectivity index (χ2n) is 4.39. The molecule has 112 valence electrons. The summed E-state index contributed by atoms with van der Waals surface area (Å²) >= 11 is 0. The highest BCUT2D eigenvalue weighted by molar-refractivity contribution is 5.90. The number of nitrogens with zero attached hydrogens (tertiary/aromatic N) is 4. The second-order valence-corrected chi connectivity index (χ2v) is 4.39. The topological polar surface area (TPSA) is 119 Å². The number of carboxylic acid groups (broad SMARTS) is 1. The first-order chi connectivity index (χ1) is 9.97. The fourth-order valence-corrected chi connectivity index (χ4v) is 1.74. The molecule has 0 saturated carbocycles. The zero-order valence-electron chi connectivity index (χ0n) is 11.7. The van der Waals surface area contributed by atoms with Gasteiger partial charge in [0.25, 0.3) is 11.7 Å². The molecule has 0 aromatic carbocycles. The van der Waals surface area contributed by atoms with Gasteiger partial charge in [0.05, 0.1) is 6.61 Å². The SMILES string of the molecule is Cc1cc(C)n2nc(C(=O)NCCOCC(=O)O)nc2n1. The Kier molecular flexibility index (Phi) is 4.43. The van der Waals surface area contributed by atoms with Crippen molar-refractivity contribution in [1.82, 2.24) is 24.9 Å². The van der Waals surface area contributed by atoms with E-state index in [-0.39, 0.29) is 19.0 Å². The number of amides is 1. The lowest BCUT2D eigenvalue weighted by Crippen LogP contribution is -2.28. The van der Waals surface area contributed by atoms with Crippen molar-refractivity contribution in [3.8, 4) is 0 Å². The minimum atomic E-state index is -1.06. The number of carboxylic acids is 1. The normalized spacial score (nSPS) is 10.8. The number of hydrogen-bond donors (Lipinski definition) is 2. The molecule has 1 amide bonds. The third-order valence-electron chi connectivity index (χ3n) is 2.58. The number of rotatable bonds is 6. The lowest BCUT2D eigenvalue weighted by atomic mass is 10.4. The maximum Gasteiger partial charge on any atom is 0.329 e. The molecule has 2 aromatic rings. The van der Waals surface area contributed by atoms with Crippen LogP contribution in [-0.2, 0) is 9.53 Å². The molecule has 21 heavy (non-hydrogen) atoms. The molecule has 2 rings (SSSR count). The van der Waals surface area contributed by atoms with E-state index in [1.807, 2.05) is 19.9 Å². The molecular weight excluding hydrogens is 278 g/mol. The van der Waals surface area contributed by atoms with Crippen LogP contribution < -0.4 is 5.32 Å². The Morgan fingerprint density at radius 2 is 2.14 bits per heavy atom. The Hall–Kier alpha value is -2.55. The summed E-state index contributed by atoms with van der Waals surface area (Å²) in [6, 6.07) is 1.84. The summed E-state index contributed by atoms with van der Waals surface area (Å²) in [5.74, 6) is -1.15. The van der Waals surface area contributed by atoms with E-state index in [0.29, 0.717) is 5.78 Å². The number of carbonyl (C=O) groups is 2. The van der Waals surface area contributed by atoms with Gasteiger partial charge in [-0.15, -0.1) is 5.10 Å². The smallest absolute Gasteiger partial charge is 0.329 e. The van der Waals surface area contributed by atoms with Crippen LogP contribution in [0.25, 0.3) is 5.78 Å². The number of carbonyl (C=O) groups excluding carboxylic acids is 1. The average Bonchev–Trinajstić information content (AvgIpc) is 2.82. The van der Waals surface area contributed by atoms with Gasteiger partial charge in [0.1, 0.15) is 6.61 Å². The maximum absolute atomic E-state index is 11.9. The largest absolute Gasteiger partial charge is 0.480 e. The van der Waals surface area contributed by atoms with E-state index in [2.05, 4.69) is 20.4 Å². The molecule has 0 aliphatic carbocycles. The Labute approximate surface area is 120 Å². The first-order valence-electron chi connectivity index (χ1n) is 6.26. The van der Waals surface area contributed by atoms with E-state index < -0.39 is 18.5 Å². The third-order valence-corrected chi connectivity index (χ3v) is 2.58. The monoisotopic (exact) mass is 293 g/mol. The second kappa shape index (κ2) is 6.27. The molecule has 0 aliphatic heterocycles. The average molecular weight is 293 g/mol. The Morgan fingerprint density at radius 1 is 1.38 bits per heavy atom. The van der Waals surface area contributed by atoms with Crippen LogP contribution in [0.5, 0.6) is 0 Å². The first-order valence-corrected chi connectivity index (χ1v) is 6.26. The Balaban J connectivity index is 1.97. The van der Waals surface area contributed by atoms with Gasteiger partial charge in [-0.05, 0) is 19.9 Å². The number of aromatic nitrogens is 4. The molecule has 2 aromatic heterocycles. The van der Waals surface area contributed by atoms with Crippen molar-refractivity contribution in [2.45, 2.75) is 13.8 Å². The zero-order chi connectivity index (χ0) is 15.4. The number of aryl methyl sites for hydroxylation is 2. The number of ether oxygens (including phenoxy) is 1. The molecule has 0 bridgehead atoms. The molecule has 0 fully saturated rings. The van der Waals surface area contributed by atoms with Gasteiger partial charge < -0.3 is 15.2 Å². The van der Waals surface area contributed by atoms with Crippen LogP contribution in [0, 0.1) is 13.8 Å². The molecule has 0 saturated heterocycles. The van der Waals surface area contributed by atoms with Crippen molar-refractivity contribution in [1.29, 1.82) is 0 Å². The summed E-state index contributed by atoms with van der Waals surface area (Å²) in [6.07, 6.45) is 0. The summed E-state index contributed by atoms with van der Waals surface area (Å²) in [5, 5.41) is 15.0. The molecule has 0 atom stereocenters. The van der Waals surface area contributed by atoms with Crippen molar-refractivity contribution < 1.29 is 19.4 Å². The molecule has 9 nitrogen and oxygen atoms in total. The van der Waals surface area contributed by atoms with Gasteiger partial charge in [0.15, 0.2) is 0 Å². The highest BCUT2D eigenvalue weighted by atomic mass is 16.5. The van der Waals surface area contributed by atoms with E-state index in [4.69, 9.17) is 9.84 Å². The van der Waals surface area contributed by atoms with Crippen molar-refractivity contribution in [3.63, 3.8) is 0 Å². The van der Waals surface area contributed by atoms with E-state index >= 15 is 0 Å². The summed E-state index contributed by atoms with van der Waals surface area (Å²) in [6.45, 7) is 3.55. The molecule has 0 radical (unpaired) electrons.